The van der Waals surface area contributed by atoms with Crippen LogP contribution in [0.1, 0.15) is 78.1 Å². The normalized spacial score (nSPS) is 18.9. The molecule has 1 rings (SSSR count). The minimum absolute atomic E-state index is 0. The number of hydrogen-bond donors (Lipinski definition) is 1. The van der Waals surface area contributed by atoms with Gasteiger partial charge in [0.05, 0.1) is 12.7 Å². The molecule has 0 aromatic carbocycles. The molecule has 1 heterocycles. The zero-order valence-electron chi connectivity index (χ0n) is 14.4. The second-order valence-corrected chi connectivity index (χ2v) is 6.16. The van der Waals surface area contributed by atoms with E-state index in [4.69, 9.17) is 4.74 Å². The molecular weight excluding hydrogens is 328 g/mol. The zero-order valence-corrected chi connectivity index (χ0v) is 16.2. The standard InChI is InChI=1S/C17H35NO.BrH.H3N/c1-3-4-5-6-7-8-9-10-11-12-13-18-14-15-19-17(2)16-18;;/h17H,3-16H2,1-2H3;1H;1H3. The van der Waals surface area contributed by atoms with Gasteiger partial charge >= 0.3 is 0 Å². The van der Waals surface area contributed by atoms with Crippen LogP contribution < -0.4 is 6.15 Å². The van der Waals surface area contributed by atoms with Crippen LogP contribution in [0.3, 0.4) is 0 Å². The third kappa shape index (κ3) is 13.7. The molecule has 0 aromatic rings. The molecule has 0 spiro atoms. The van der Waals surface area contributed by atoms with Gasteiger partial charge in [0.2, 0.25) is 0 Å². The van der Waals surface area contributed by atoms with Crippen molar-refractivity contribution < 1.29 is 4.74 Å². The van der Waals surface area contributed by atoms with E-state index in [-0.39, 0.29) is 23.1 Å². The summed E-state index contributed by atoms with van der Waals surface area (Å²) in [7, 11) is 0. The molecule has 3 nitrogen and oxygen atoms in total. The van der Waals surface area contributed by atoms with E-state index in [1.807, 2.05) is 0 Å². The first-order valence-corrected chi connectivity index (χ1v) is 8.67. The fourth-order valence-corrected chi connectivity index (χ4v) is 2.92. The largest absolute Gasteiger partial charge is 0.376 e. The van der Waals surface area contributed by atoms with Crippen molar-refractivity contribution >= 4 is 17.0 Å². The summed E-state index contributed by atoms with van der Waals surface area (Å²) in [4.78, 5) is 2.57. The Labute approximate surface area is 143 Å². The Kier molecular flexibility index (Phi) is 18.8. The number of unbranched alkanes of at least 4 members (excludes halogenated alkanes) is 9. The van der Waals surface area contributed by atoms with Gasteiger partial charge in [0.1, 0.15) is 0 Å². The van der Waals surface area contributed by atoms with Crippen molar-refractivity contribution in [1.29, 1.82) is 0 Å². The Balaban J connectivity index is 0. The predicted molar refractivity (Wildman–Crippen MR) is 99.0 cm³/mol. The van der Waals surface area contributed by atoms with Crippen LogP contribution in [0.5, 0.6) is 0 Å². The lowest BCUT2D eigenvalue weighted by Crippen LogP contribution is -2.41. The first kappa shape index (κ1) is 23.6. The molecular formula is C17H39BrN2O. The fraction of sp³-hybridized carbons (Fsp3) is 1.00. The molecule has 0 aromatic heterocycles. The topological polar surface area (TPSA) is 47.5 Å². The number of nitrogens with zero attached hydrogens (tertiary/aromatic N) is 1. The van der Waals surface area contributed by atoms with E-state index in [1.54, 1.807) is 0 Å². The van der Waals surface area contributed by atoms with Crippen molar-refractivity contribution in [3.8, 4) is 0 Å². The molecule has 1 aliphatic rings. The molecule has 1 fully saturated rings. The quantitative estimate of drug-likeness (QED) is 0.500. The van der Waals surface area contributed by atoms with Gasteiger partial charge in [-0.1, -0.05) is 64.7 Å². The van der Waals surface area contributed by atoms with Crippen molar-refractivity contribution in [2.24, 2.45) is 0 Å². The number of ether oxygens (including phenoxy) is 1. The first-order valence-electron chi connectivity index (χ1n) is 8.67. The van der Waals surface area contributed by atoms with Gasteiger partial charge in [-0.25, -0.2) is 0 Å². The third-order valence-corrected chi connectivity index (χ3v) is 4.15. The molecule has 0 amide bonds. The molecule has 1 aliphatic heterocycles. The number of halogens is 1. The smallest absolute Gasteiger partial charge is 0.0674 e. The molecule has 3 N–H and O–H groups in total. The summed E-state index contributed by atoms with van der Waals surface area (Å²) >= 11 is 0. The van der Waals surface area contributed by atoms with Gasteiger partial charge in [-0.05, 0) is 19.9 Å². The number of morpholine rings is 1. The highest BCUT2D eigenvalue weighted by atomic mass is 79.9. The minimum atomic E-state index is 0. The maximum absolute atomic E-state index is 5.57. The van der Waals surface area contributed by atoms with E-state index in [0.29, 0.717) is 6.10 Å². The van der Waals surface area contributed by atoms with E-state index in [0.717, 1.165) is 19.7 Å². The molecule has 1 unspecified atom stereocenters. The predicted octanol–water partition coefficient (Wildman–Crippen LogP) is 5.37. The first-order chi connectivity index (χ1) is 9.33. The van der Waals surface area contributed by atoms with Crippen LogP contribution in [-0.2, 0) is 4.74 Å². The number of hydrogen-bond acceptors (Lipinski definition) is 3. The summed E-state index contributed by atoms with van der Waals surface area (Å²) < 4.78 is 5.57. The summed E-state index contributed by atoms with van der Waals surface area (Å²) in [6, 6.07) is 0. The summed E-state index contributed by atoms with van der Waals surface area (Å²) in [5.41, 5.74) is 0. The molecule has 1 atom stereocenters. The molecule has 0 saturated carbocycles. The van der Waals surface area contributed by atoms with Crippen LogP contribution in [-0.4, -0.2) is 37.2 Å². The molecule has 4 heteroatoms. The van der Waals surface area contributed by atoms with E-state index in [2.05, 4.69) is 18.7 Å². The Bertz CT molecular complexity index is 205. The summed E-state index contributed by atoms with van der Waals surface area (Å²) in [5.74, 6) is 0. The highest BCUT2D eigenvalue weighted by Gasteiger charge is 2.15. The van der Waals surface area contributed by atoms with Crippen LogP contribution in [0, 0.1) is 0 Å². The second-order valence-electron chi connectivity index (χ2n) is 6.16. The SMILES string of the molecule is Br.CCCCCCCCCCCCN1CCOC(C)C1.N. The Morgan fingerprint density at radius 3 is 1.95 bits per heavy atom. The molecule has 0 aliphatic carbocycles. The maximum Gasteiger partial charge on any atom is 0.0674 e. The summed E-state index contributed by atoms with van der Waals surface area (Å²) in [6.07, 6.45) is 14.7. The van der Waals surface area contributed by atoms with Crippen molar-refractivity contribution in [3.05, 3.63) is 0 Å². The van der Waals surface area contributed by atoms with Crippen LogP contribution in [0.15, 0.2) is 0 Å². The highest BCUT2D eigenvalue weighted by Crippen LogP contribution is 2.11. The highest BCUT2D eigenvalue weighted by molar-refractivity contribution is 8.93. The average Bonchev–Trinajstić information content (AvgIpc) is 2.41. The minimum Gasteiger partial charge on any atom is -0.376 e. The summed E-state index contributed by atoms with van der Waals surface area (Å²) in [6.45, 7) is 8.96. The van der Waals surface area contributed by atoms with Crippen molar-refractivity contribution in [2.45, 2.75) is 84.2 Å². The Morgan fingerprint density at radius 2 is 1.43 bits per heavy atom. The molecule has 1 saturated heterocycles. The second kappa shape index (κ2) is 16.7. The van der Waals surface area contributed by atoms with Gasteiger partial charge in [-0.2, -0.15) is 0 Å². The molecule has 21 heavy (non-hydrogen) atoms. The molecule has 130 valence electrons. The van der Waals surface area contributed by atoms with Gasteiger partial charge in [0, 0.05) is 13.1 Å². The lowest BCUT2D eigenvalue weighted by Gasteiger charge is -2.30. The van der Waals surface area contributed by atoms with Crippen LogP contribution in [0.4, 0.5) is 0 Å². The average molecular weight is 367 g/mol. The van der Waals surface area contributed by atoms with Gasteiger partial charge in [-0.3, -0.25) is 4.90 Å². The summed E-state index contributed by atoms with van der Waals surface area (Å²) in [5, 5.41) is 0. The Hall–Kier alpha value is 0.360. The lowest BCUT2D eigenvalue weighted by molar-refractivity contribution is -0.0186. The molecule has 0 bridgehead atoms. The van der Waals surface area contributed by atoms with Gasteiger partial charge < -0.3 is 10.9 Å². The lowest BCUT2D eigenvalue weighted by atomic mass is 10.1. The van der Waals surface area contributed by atoms with Crippen LogP contribution >= 0.6 is 17.0 Å². The van der Waals surface area contributed by atoms with Gasteiger partial charge in [0.15, 0.2) is 0 Å². The van der Waals surface area contributed by atoms with Crippen LogP contribution in [0.25, 0.3) is 0 Å². The fourth-order valence-electron chi connectivity index (χ4n) is 2.92. The zero-order chi connectivity index (χ0) is 13.8. The van der Waals surface area contributed by atoms with Crippen molar-refractivity contribution in [3.63, 3.8) is 0 Å². The van der Waals surface area contributed by atoms with E-state index < -0.39 is 0 Å². The van der Waals surface area contributed by atoms with E-state index in [9.17, 15) is 0 Å². The van der Waals surface area contributed by atoms with Crippen LogP contribution in [0.2, 0.25) is 0 Å². The molecule has 0 radical (unpaired) electrons. The van der Waals surface area contributed by atoms with E-state index in [1.165, 1.54) is 70.8 Å². The van der Waals surface area contributed by atoms with Crippen molar-refractivity contribution in [1.82, 2.24) is 11.1 Å². The maximum atomic E-state index is 5.57. The van der Waals surface area contributed by atoms with Crippen molar-refractivity contribution in [2.75, 3.05) is 26.2 Å². The van der Waals surface area contributed by atoms with Gasteiger partial charge in [0.25, 0.3) is 0 Å². The number of rotatable bonds is 11. The Morgan fingerprint density at radius 1 is 0.905 bits per heavy atom. The van der Waals surface area contributed by atoms with Gasteiger partial charge in [-0.15, -0.1) is 17.0 Å². The van der Waals surface area contributed by atoms with E-state index >= 15 is 0 Å². The monoisotopic (exact) mass is 366 g/mol. The third-order valence-electron chi connectivity index (χ3n) is 4.15.